The summed E-state index contributed by atoms with van der Waals surface area (Å²) >= 11 is 0. The van der Waals surface area contributed by atoms with Crippen LogP contribution in [0.3, 0.4) is 0 Å². The van der Waals surface area contributed by atoms with Gasteiger partial charge in [-0.05, 0) is 26.7 Å². The number of hydrogen-bond donors (Lipinski definition) is 0. The molecule has 0 aliphatic heterocycles. The molecule has 0 saturated heterocycles. The molecule has 0 heterocycles. The summed E-state index contributed by atoms with van der Waals surface area (Å²) in [5, 5.41) is 0. The Morgan fingerprint density at radius 2 is 2.15 bits per heavy atom. The van der Waals surface area contributed by atoms with Crippen LogP contribution < -0.4 is 0 Å². The summed E-state index contributed by atoms with van der Waals surface area (Å²) in [6.07, 6.45) is 3.69. The van der Waals surface area contributed by atoms with Crippen molar-refractivity contribution in [1.29, 1.82) is 0 Å². The highest BCUT2D eigenvalue weighted by atomic mass is 16.5. The van der Waals surface area contributed by atoms with Crippen LogP contribution in [-0.2, 0) is 9.53 Å². The lowest BCUT2D eigenvalue weighted by Crippen LogP contribution is -2.17. The predicted octanol–water partition coefficient (Wildman–Crippen LogP) is 2.89. The Bertz CT molecular complexity index is 173. The van der Waals surface area contributed by atoms with E-state index < -0.39 is 0 Å². The summed E-state index contributed by atoms with van der Waals surface area (Å²) in [6, 6.07) is 0. The number of ether oxygens (including phenoxy) is 1. The van der Waals surface area contributed by atoms with E-state index in [0.717, 1.165) is 19.3 Å². The fraction of sp³-hybridized carbons (Fsp3) is 0.636. The Morgan fingerprint density at radius 1 is 1.54 bits per heavy atom. The standard InChI is InChI=1S/C11H19O2/c1-5-7-8-10(6-2)13-11(12)9(3)4/h10H,2-3,5-8H2,1,4H3. The molecule has 1 unspecified atom stereocenters. The maximum atomic E-state index is 11.1. The highest BCUT2D eigenvalue weighted by molar-refractivity contribution is 5.87. The van der Waals surface area contributed by atoms with E-state index in [9.17, 15) is 4.79 Å². The van der Waals surface area contributed by atoms with Crippen molar-refractivity contribution >= 4 is 5.97 Å². The molecule has 0 aliphatic carbocycles. The number of rotatable bonds is 6. The van der Waals surface area contributed by atoms with Crippen LogP contribution >= 0.6 is 0 Å². The van der Waals surface area contributed by atoms with E-state index in [4.69, 9.17) is 4.74 Å². The Hall–Kier alpha value is -0.790. The van der Waals surface area contributed by atoms with Gasteiger partial charge in [0.1, 0.15) is 6.10 Å². The normalized spacial score (nSPS) is 12.2. The molecule has 0 bridgehead atoms. The molecular weight excluding hydrogens is 164 g/mol. The first kappa shape index (κ1) is 12.2. The lowest BCUT2D eigenvalue weighted by Gasteiger charge is -2.15. The van der Waals surface area contributed by atoms with Gasteiger partial charge >= 0.3 is 5.97 Å². The molecule has 13 heavy (non-hydrogen) atoms. The van der Waals surface area contributed by atoms with Crippen LogP contribution in [-0.4, -0.2) is 12.1 Å². The molecule has 2 heteroatoms. The quantitative estimate of drug-likeness (QED) is 0.467. The van der Waals surface area contributed by atoms with Crippen molar-refractivity contribution in [3.63, 3.8) is 0 Å². The number of esters is 1. The van der Waals surface area contributed by atoms with Gasteiger partial charge in [0.15, 0.2) is 0 Å². The molecule has 75 valence electrons. The summed E-state index contributed by atoms with van der Waals surface area (Å²) < 4.78 is 5.16. The fourth-order valence-corrected chi connectivity index (χ4v) is 0.946. The minimum atomic E-state index is -0.301. The van der Waals surface area contributed by atoms with Crippen molar-refractivity contribution in [2.24, 2.45) is 0 Å². The summed E-state index contributed by atoms with van der Waals surface area (Å²) in [7, 11) is 0. The molecule has 2 nitrogen and oxygen atoms in total. The van der Waals surface area contributed by atoms with E-state index >= 15 is 0 Å². The van der Waals surface area contributed by atoms with Crippen molar-refractivity contribution in [3.05, 3.63) is 19.1 Å². The molecule has 0 aromatic carbocycles. The van der Waals surface area contributed by atoms with Gasteiger partial charge in [0.2, 0.25) is 0 Å². The minimum absolute atomic E-state index is 0.0378. The molecule has 0 amide bonds. The van der Waals surface area contributed by atoms with E-state index in [1.54, 1.807) is 6.92 Å². The van der Waals surface area contributed by atoms with Crippen LogP contribution in [0, 0.1) is 6.92 Å². The van der Waals surface area contributed by atoms with Crippen LogP contribution in [0.5, 0.6) is 0 Å². The van der Waals surface area contributed by atoms with Crippen LogP contribution in [0.4, 0.5) is 0 Å². The third-order valence-electron chi connectivity index (χ3n) is 1.82. The van der Waals surface area contributed by atoms with E-state index in [-0.39, 0.29) is 12.1 Å². The molecule has 0 aromatic heterocycles. The molecule has 1 radical (unpaired) electrons. The highest BCUT2D eigenvalue weighted by Crippen LogP contribution is 2.10. The Kier molecular flexibility index (Phi) is 6.29. The van der Waals surface area contributed by atoms with Crippen molar-refractivity contribution in [3.8, 4) is 0 Å². The molecule has 0 aliphatic rings. The molecule has 0 N–H and O–H groups in total. The third-order valence-corrected chi connectivity index (χ3v) is 1.82. The van der Waals surface area contributed by atoms with Crippen LogP contribution in [0.25, 0.3) is 0 Å². The van der Waals surface area contributed by atoms with Gasteiger partial charge in [-0.25, -0.2) is 4.79 Å². The van der Waals surface area contributed by atoms with Gasteiger partial charge in [0, 0.05) is 5.57 Å². The maximum absolute atomic E-state index is 11.1. The summed E-state index contributed by atoms with van der Waals surface area (Å²) in [4.78, 5) is 11.1. The molecule has 0 spiro atoms. The predicted molar refractivity (Wildman–Crippen MR) is 54.2 cm³/mol. The van der Waals surface area contributed by atoms with Gasteiger partial charge in [0.05, 0.1) is 0 Å². The average Bonchev–Trinajstić information content (AvgIpc) is 2.11. The van der Waals surface area contributed by atoms with Crippen molar-refractivity contribution in [1.82, 2.24) is 0 Å². The first-order chi connectivity index (χ1) is 6.11. The van der Waals surface area contributed by atoms with E-state index in [1.165, 1.54) is 0 Å². The number of carbonyl (C=O) groups excluding carboxylic acids is 1. The second-order valence-corrected chi connectivity index (χ2v) is 3.24. The molecule has 1 atom stereocenters. The zero-order valence-electron chi connectivity index (χ0n) is 8.64. The zero-order chi connectivity index (χ0) is 10.3. The average molecular weight is 183 g/mol. The maximum Gasteiger partial charge on any atom is 0.333 e. The highest BCUT2D eigenvalue weighted by Gasteiger charge is 2.11. The van der Waals surface area contributed by atoms with E-state index in [2.05, 4.69) is 20.4 Å². The van der Waals surface area contributed by atoms with Gasteiger partial charge in [0.25, 0.3) is 0 Å². The van der Waals surface area contributed by atoms with Gasteiger partial charge in [-0.3, -0.25) is 0 Å². The minimum Gasteiger partial charge on any atom is -0.459 e. The van der Waals surface area contributed by atoms with Gasteiger partial charge in [-0.2, -0.15) is 0 Å². The van der Waals surface area contributed by atoms with Gasteiger partial charge < -0.3 is 4.74 Å². The first-order valence-electron chi connectivity index (χ1n) is 4.77. The summed E-state index contributed by atoms with van der Waals surface area (Å²) in [5.41, 5.74) is 0.454. The van der Waals surface area contributed by atoms with E-state index in [0.29, 0.717) is 12.0 Å². The molecular formula is C11H19O2. The lowest BCUT2D eigenvalue weighted by molar-refractivity contribution is -0.144. The lowest BCUT2D eigenvalue weighted by atomic mass is 10.1. The SMILES string of the molecule is [CH2]CC(CCCC)OC(=O)C(=C)C. The third kappa shape index (κ3) is 5.45. The molecule has 0 rings (SSSR count). The smallest absolute Gasteiger partial charge is 0.333 e. The first-order valence-corrected chi connectivity index (χ1v) is 4.77. The fourth-order valence-electron chi connectivity index (χ4n) is 0.946. The van der Waals surface area contributed by atoms with E-state index in [1.807, 2.05) is 0 Å². The topological polar surface area (TPSA) is 26.3 Å². The van der Waals surface area contributed by atoms with Crippen LogP contribution in [0.15, 0.2) is 12.2 Å². The van der Waals surface area contributed by atoms with Crippen LogP contribution in [0.2, 0.25) is 0 Å². The van der Waals surface area contributed by atoms with Gasteiger partial charge in [-0.1, -0.05) is 26.3 Å². The molecule has 0 fully saturated rings. The largest absolute Gasteiger partial charge is 0.459 e. The second-order valence-electron chi connectivity index (χ2n) is 3.24. The van der Waals surface area contributed by atoms with Crippen molar-refractivity contribution in [2.75, 3.05) is 0 Å². The van der Waals surface area contributed by atoms with Crippen molar-refractivity contribution in [2.45, 2.75) is 45.6 Å². The molecule has 0 saturated carbocycles. The summed E-state index contributed by atoms with van der Waals surface area (Å²) in [5.74, 6) is -0.301. The van der Waals surface area contributed by atoms with Crippen molar-refractivity contribution < 1.29 is 9.53 Å². The number of carbonyl (C=O) groups is 1. The van der Waals surface area contributed by atoms with Crippen LogP contribution in [0.1, 0.15) is 39.5 Å². The Labute approximate surface area is 81.0 Å². The monoisotopic (exact) mass is 183 g/mol. The Morgan fingerprint density at radius 3 is 2.54 bits per heavy atom. The second kappa shape index (κ2) is 6.70. The number of unbranched alkanes of at least 4 members (excludes halogenated alkanes) is 1. The zero-order valence-corrected chi connectivity index (χ0v) is 8.64. The van der Waals surface area contributed by atoms with Gasteiger partial charge in [-0.15, -0.1) is 0 Å². The summed E-state index contributed by atoms with van der Waals surface area (Å²) in [6.45, 7) is 11.0. The molecule has 0 aromatic rings. The Balaban J connectivity index is 3.83. The number of hydrogen-bond acceptors (Lipinski definition) is 2.